The molecule has 0 bridgehead atoms. The molecule has 142 valence electrons. The molecule has 6 rings (SSSR count). The number of benzene rings is 2. The van der Waals surface area contributed by atoms with Gasteiger partial charge in [0.1, 0.15) is 0 Å². The second-order valence-corrected chi connectivity index (χ2v) is 8.24. The van der Waals surface area contributed by atoms with Crippen molar-refractivity contribution in [3.63, 3.8) is 0 Å². The van der Waals surface area contributed by atoms with Gasteiger partial charge in [-0.15, -0.1) is 0 Å². The second kappa shape index (κ2) is 6.35. The highest BCUT2D eigenvalue weighted by molar-refractivity contribution is 5.69. The molecule has 0 N–H and O–H groups in total. The van der Waals surface area contributed by atoms with Crippen LogP contribution in [-0.2, 0) is 19.3 Å². The lowest BCUT2D eigenvalue weighted by Crippen LogP contribution is -2.15. The fourth-order valence-corrected chi connectivity index (χ4v) is 4.81. The summed E-state index contributed by atoms with van der Waals surface area (Å²) in [5.41, 5.74) is 10.3. The summed E-state index contributed by atoms with van der Waals surface area (Å²) in [5, 5.41) is 4.90. The van der Waals surface area contributed by atoms with E-state index < -0.39 is 0 Å². The van der Waals surface area contributed by atoms with Crippen molar-refractivity contribution in [1.29, 1.82) is 0 Å². The van der Waals surface area contributed by atoms with E-state index >= 15 is 0 Å². The summed E-state index contributed by atoms with van der Waals surface area (Å²) < 4.78 is 4.47. The Morgan fingerprint density at radius 2 is 1.69 bits per heavy atom. The van der Waals surface area contributed by atoms with Gasteiger partial charge in [0, 0.05) is 29.2 Å². The largest absolute Gasteiger partial charge is 0.320 e. The number of aromatic nitrogens is 3. The summed E-state index contributed by atoms with van der Waals surface area (Å²) in [6, 6.07) is 21.9. The van der Waals surface area contributed by atoms with Crippen molar-refractivity contribution in [3.8, 4) is 11.4 Å². The molecular formula is C26H23N3. The van der Waals surface area contributed by atoms with E-state index in [0.29, 0.717) is 5.92 Å². The van der Waals surface area contributed by atoms with Crippen LogP contribution in [0, 0.1) is 0 Å². The molecule has 29 heavy (non-hydrogen) atoms. The molecule has 2 aromatic heterocycles. The molecule has 0 saturated carbocycles. The lowest BCUT2D eigenvalue weighted by molar-refractivity contribution is 0.640. The molecule has 0 saturated heterocycles. The summed E-state index contributed by atoms with van der Waals surface area (Å²) in [5.74, 6) is 0.484. The maximum absolute atomic E-state index is 4.90. The van der Waals surface area contributed by atoms with Crippen LogP contribution in [0.3, 0.4) is 0 Å². The van der Waals surface area contributed by atoms with Crippen molar-refractivity contribution in [2.24, 2.45) is 0 Å². The zero-order valence-electron chi connectivity index (χ0n) is 16.5. The fourth-order valence-electron chi connectivity index (χ4n) is 4.81. The van der Waals surface area contributed by atoms with Crippen LogP contribution in [0.4, 0.5) is 0 Å². The second-order valence-electron chi connectivity index (χ2n) is 8.24. The minimum absolute atomic E-state index is 0.484. The lowest BCUT2D eigenvalue weighted by atomic mass is 9.93. The number of para-hydroxylation sites is 2. The van der Waals surface area contributed by atoms with Crippen LogP contribution >= 0.6 is 0 Å². The maximum atomic E-state index is 4.90. The highest BCUT2D eigenvalue weighted by Gasteiger charge is 2.23. The van der Waals surface area contributed by atoms with E-state index in [0.717, 1.165) is 25.0 Å². The zero-order valence-corrected chi connectivity index (χ0v) is 16.5. The van der Waals surface area contributed by atoms with Gasteiger partial charge in [-0.05, 0) is 66.3 Å². The molecule has 0 spiro atoms. The molecule has 2 aliphatic rings. The van der Waals surface area contributed by atoms with Gasteiger partial charge in [0.05, 0.1) is 11.4 Å². The van der Waals surface area contributed by atoms with Crippen LogP contribution in [0.5, 0.6) is 0 Å². The monoisotopic (exact) mass is 377 g/mol. The third-order valence-corrected chi connectivity index (χ3v) is 6.28. The average Bonchev–Trinajstić information content (AvgIpc) is 3.37. The van der Waals surface area contributed by atoms with Gasteiger partial charge in [0.25, 0.3) is 0 Å². The van der Waals surface area contributed by atoms with Crippen molar-refractivity contribution in [1.82, 2.24) is 14.3 Å². The predicted molar refractivity (Wildman–Crippen MR) is 118 cm³/mol. The molecule has 0 unspecified atom stereocenters. The first-order valence-electron chi connectivity index (χ1n) is 10.4. The summed E-state index contributed by atoms with van der Waals surface area (Å²) in [4.78, 5) is 0. The van der Waals surface area contributed by atoms with E-state index in [1.807, 2.05) is 0 Å². The van der Waals surface area contributed by atoms with E-state index in [4.69, 9.17) is 5.10 Å². The zero-order chi connectivity index (χ0) is 19.4. The smallest absolute Gasteiger partial charge is 0.0858 e. The molecule has 3 nitrogen and oxygen atoms in total. The summed E-state index contributed by atoms with van der Waals surface area (Å²) >= 11 is 0. The third-order valence-electron chi connectivity index (χ3n) is 6.28. The molecule has 3 heteroatoms. The standard InChI is InChI=1S/C26H23N3/c1-18-14-21-7-3-5-9-25(21)29-26(18)16-22(27-29)12-10-19-15-23-13-11-20-6-2-4-8-24(20)28(23)17-19/h2-10,12,15-18H,11,13-14H2,1H3/b12-10-/t18-/m0/s1. The van der Waals surface area contributed by atoms with Crippen molar-refractivity contribution in [3.05, 3.63) is 101 Å². The van der Waals surface area contributed by atoms with Gasteiger partial charge < -0.3 is 4.57 Å². The molecule has 0 aliphatic carbocycles. The van der Waals surface area contributed by atoms with Crippen LogP contribution in [-0.4, -0.2) is 14.3 Å². The quantitative estimate of drug-likeness (QED) is 0.446. The van der Waals surface area contributed by atoms with Crippen molar-refractivity contribution >= 4 is 12.2 Å². The first-order chi connectivity index (χ1) is 14.3. The first kappa shape index (κ1) is 16.6. The molecular weight excluding hydrogens is 354 g/mol. The van der Waals surface area contributed by atoms with Gasteiger partial charge >= 0.3 is 0 Å². The number of hydrogen-bond acceptors (Lipinski definition) is 1. The van der Waals surface area contributed by atoms with Gasteiger partial charge in [-0.3, -0.25) is 0 Å². The number of nitrogens with zero attached hydrogens (tertiary/aromatic N) is 3. The van der Waals surface area contributed by atoms with Gasteiger partial charge in [-0.25, -0.2) is 4.68 Å². The Labute approximate surface area is 170 Å². The number of hydrogen-bond donors (Lipinski definition) is 0. The predicted octanol–water partition coefficient (Wildman–Crippen LogP) is 5.59. The third kappa shape index (κ3) is 2.69. The Kier molecular flexibility index (Phi) is 3.63. The van der Waals surface area contributed by atoms with Gasteiger partial charge in [-0.2, -0.15) is 5.10 Å². The Morgan fingerprint density at radius 1 is 0.897 bits per heavy atom. The average molecular weight is 377 g/mol. The SMILES string of the molecule is C[C@H]1Cc2ccccc2-n2nc(/C=C\c3cc4n(c3)-c3ccccc3CC4)cc21. The molecule has 4 aromatic rings. The highest BCUT2D eigenvalue weighted by atomic mass is 15.3. The minimum Gasteiger partial charge on any atom is -0.320 e. The number of rotatable bonds is 2. The van der Waals surface area contributed by atoms with Crippen LogP contribution < -0.4 is 0 Å². The minimum atomic E-state index is 0.484. The van der Waals surface area contributed by atoms with Crippen LogP contribution in [0.15, 0.2) is 66.9 Å². The number of fused-ring (bicyclic) bond motifs is 6. The summed E-state index contributed by atoms with van der Waals surface area (Å²) in [7, 11) is 0. The normalized spacial score (nSPS) is 16.9. The van der Waals surface area contributed by atoms with Crippen LogP contribution in [0.2, 0.25) is 0 Å². The Hall–Kier alpha value is -3.33. The van der Waals surface area contributed by atoms with Crippen LogP contribution in [0.1, 0.15) is 46.6 Å². The molecule has 1 atom stereocenters. The maximum Gasteiger partial charge on any atom is 0.0858 e. The van der Waals surface area contributed by atoms with E-state index in [9.17, 15) is 0 Å². The van der Waals surface area contributed by atoms with E-state index in [-0.39, 0.29) is 0 Å². The lowest BCUT2D eigenvalue weighted by Gasteiger charge is -2.22. The molecule has 4 heterocycles. The molecule has 2 aromatic carbocycles. The van der Waals surface area contributed by atoms with Crippen LogP contribution in [0.25, 0.3) is 23.5 Å². The fraction of sp³-hybridized carbons (Fsp3) is 0.192. The van der Waals surface area contributed by atoms with Gasteiger partial charge in [0.15, 0.2) is 0 Å². The number of aryl methyl sites for hydroxylation is 2. The molecule has 2 aliphatic heterocycles. The Balaban J connectivity index is 1.34. The molecule has 0 radical (unpaired) electrons. The van der Waals surface area contributed by atoms with E-state index in [2.05, 4.69) is 95.2 Å². The van der Waals surface area contributed by atoms with E-state index in [1.165, 1.54) is 39.5 Å². The first-order valence-corrected chi connectivity index (χ1v) is 10.4. The molecule has 0 fully saturated rings. The topological polar surface area (TPSA) is 22.8 Å². The summed E-state index contributed by atoms with van der Waals surface area (Å²) in [6.07, 6.45) is 9.88. The molecule has 0 amide bonds. The van der Waals surface area contributed by atoms with Gasteiger partial charge in [0.2, 0.25) is 0 Å². The summed E-state index contributed by atoms with van der Waals surface area (Å²) in [6.45, 7) is 2.29. The Bertz CT molecular complexity index is 1250. The van der Waals surface area contributed by atoms with Crippen molar-refractivity contribution < 1.29 is 0 Å². The van der Waals surface area contributed by atoms with Gasteiger partial charge in [-0.1, -0.05) is 49.4 Å². The van der Waals surface area contributed by atoms with Crippen molar-refractivity contribution in [2.45, 2.75) is 32.1 Å². The van der Waals surface area contributed by atoms with Crippen molar-refractivity contribution in [2.75, 3.05) is 0 Å². The Morgan fingerprint density at radius 3 is 2.59 bits per heavy atom. The highest BCUT2D eigenvalue weighted by Crippen LogP contribution is 2.33. The van der Waals surface area contributed by atoms with E-state index in [1.54, 1.807) is 0 Å².